The third-order valence-corrected chi connectivity index (χ3v) is 2.86. The van der Waals surface area contributed by atoms with Gasteiger partial charge in [-0.05, 0) is 44.0 Å². The number of carbonyl (C=O) groups excluding carboxylic acids is 1. The summed E-state index contributed by atoms with van der Waals surface area (Å²) in [5.41, 5.74) is 10.4. The normalized spacial score (nSPS) is 10.8. The molecule has 17 heavy (non-hydrogen) atoms. The lowest BCUT2D eigenvalue weighted by Gasteiger charge is -2.09. The minimum absolute atomic E-state index is 0.199. The summed E-state index contributed by atoms with van der Waals surface area (Å²) in [6.45, 7) is 6.15. The largest absolute Gasteiger partial charge is 0.369 e. The highest BCUT2D eigenvalue weighted by Gasteiger charge is 2.07. The summed E-state index contributed by atoms with van der Waals surface area (Å²) in [7, 11) is 0. The molecule has 0 saturated heterocycles. The van der Waals surface area contributed by atoms with Gasteiger partial charge in [-0.1, -0.05) is 11.6 Å². The van der Waals surface area contributed by atoms with Crippen LogP contribution in [-0.2, 0) is 11.2 Å². The second-order valence-corrected chi connectivity index (χ2v) is 4.55. The quantitative estimate of drug-likeness (QED) is 0.856. The second-order valence-electron chi connectivity index (χ2n) is 4.55. The smallest absolute Gasteiger partial charge is 0.223 e. The number of hydrogen-bond donors (Lipinski definition) is 1. The SMILES string of the molecule is Cc1cc(C)c2nc(CC(N)=O)cc(C)c2c1. The molecular formula is C14H16N2O. The van der Waals surface area contributed by atoms with Gasteiger partial charge in [0.25, 0.3) is 0 Å². The molecule has 0 aliphatic heterocycles. The van der Waals surface area contributed by atoms with Gasteiger partial charge in [0.15, 0.2) is 0 Å². The van der Waals surface area contributed by atoms with Gasteiger partial charge in [-0.3, -0.25) is 9.78 Å². The average Bonchev–Trinajstić information content (AvgIpc) is 2.19. The van der Waals surface area contributed by atoms with E-state index in [1.807, 2.05) is 19.9 Å². The van der Waals surface area contributed by atoms with Gasteiger partial charge in [0, 0.05) is 5.39 Å². The second kappa shape index (κ2) is 4.17. The first-order chi connectivity index (χ1) is 7.97. The van der Waals surface area contributed by atoms with Gasteiger partial charge in [0.05, 0.1) is 17.6 Å². The standard InChI is InChI=1S/C14H16N2O/c1-8-4-10(3)14-12(5-8)9(2)6-11(16-14)7-13(15)17/h4-6H,7H2,1-3H3,(H2,15,17). The number of benzene rings is 1. The molecule has 3 nitrogen and oxygen atoms in total. The van der Waals surface area contributed by atoms with Crippen molar-refractivity contribution in [1.29, 1.82) is 0 Å². The van der Waals surface area contributed by atoms with Crippen LogP contribution in [0.25, 0.3) is 10.9 Å². The van der Waals surface area contributed by atoms with Crippen LogP contribution in [0.4, 0.5) is 0 Å². The third kappa shape index (κ3) is 2.28. The van der Waals surface area contributed by atoms with Crippen molar-refractivity contribution in [2.24, 2.45) is 5.73 Å². The number of hydrogen-bond acceptors (Lipinski definition) is 2. The van der Waals surface area contributed by atoms with E-state index < -0.39 is 0 Å². The maximum Gasteiger partial charge on any atom is 0.223 e. The van der Waals surface area contributed by atoms with Crippen LogP contribution in [0.3, 0.4) is 0 Å². The van der Waals surface area contributed by atoms with E-state index in [0.29, 0.717) is 0 Å². The topological polar surface area (TPSA) is 56.0 Å². The van der Waals surface area contributed by atoms with Crippen LogP contribution in [-0.4, -0.2) is 10.9 Å². The number of nitrogens with two attached hydrogens (primary N) is 1. The van der Waals surface area contributed by atoms with Gasteiger partial charge >= 0.3 is 0 Å². The maximum absolute atomic E-state index is 10.9. The molecule has 1 aromatic carbocycles. The molecule has 0 fully saturated rings. The fraction of sp³-hybridized carbons (Fsp3) is 0.286. The number of pyridine rings is 1. The van der Waals surface area contributed by atoms with E-state index in [9.17, 15) is 4.79 Å². The van der Waals surface area contributed by atoms with Crippen molar-refractivity contribution in [1.82, 2.24) is 4.98 Å². The van der Waals surface area contributed by atoms with Gasteiger partial charge in [0.2, 0.25) is 5.91 Å². The minimum atomic E-state index is -0.346. The molecule has 2 rings (SSSR count). The van der Waals surface area contributed by atoms with Gasteiger partial charge in [-0.15, -0.1) is 0 Å². The van der Waals surface area contributed by atoms with Crippen molar-refractivity contribution in [3.63, 3.8) is 0 Å². The lowest BCUT2D eigenvalue weighted by atomic mass is 10.0. The molecule has 2 aromatic rings. The molecule has 0 radical (unpaired) electrons. The Morgan fingerprint density at radius 2 is 1.88 bits per heavy atom. The van der Waals surface area contributed by atoms with Crippen molar-refractivity contribution >= 4 is 16.8 Å². The highest BCUT2D eigenvalue weighted by Crippen LogP contribution is 2.22. The number of amides is 1. The number of fused-ring (bicyclic) bond motifs is 1. The van der Waals surface area contributed by atoms with Crippen molar-refractivity contribution in [2.45, 2.75) is 27.2 Å². The number of aryl methyl sites for hydroxylation is 3. The first-order valence-electron chi connectivity index (χ1n) is 5.63. The fourth-order valence-electron chi connectivity index (χ4n) is 2.18. The summed E-state index contributed by atoms with van der Waals surface area (Å²) in [5, 5.41) is 1.15. The zero-order chi connectivity index (χ0) is 12.6. The summed E-state index contributed by atoms with van der Waals surface area (Å²) in [4.78, 5) is 15.5. The van der Waals surface area contributed by atoms with Gasteiger partial charge < -0.3 is 5.73 Å². The minimum Gasteiger partial charge on any atom is -0.369 e. The molecule has 0 aliphatic carbocycles. The number of aromatic nitrogens is 1. The molecule has 0 atom stereocenters. The summed E-state index contributed by atoms with van der Waals surface area (Å²) in [6, 6.07) is 6.16. The van der Waals surface area contributed by atoms with E-state index in [-0.39, 0.29) is 12.3 Å². The van der Waals surface area contributed by atoms with E-state index in [4.69, 9.17) is 5.73 Å². The molecule has 1 amide bonds. The first kappa shape index (κ1) is 11.6. The summed E-state index contributed by atoms with van der Waals surface area (Å²) >= 11 is 0. The summed E-state index contributed by atoms with van der Waals surface area (Å²) in [5.74, 6) is -0.346. The van der Waals surface area contributed by atoms with E-state index in [1.54, 1.807) is 0 Å². The Hall–Kier alpha value is -1.90. The van der Waals surface area contributed by atoms with E-state index in [2.05, 4.69) is 24.0 Å². The molecular weight excluding hydrogens is 212 g/mol. The molecule has 0 bridgehead atoms. The molecule has 3 heteroatoms. The Labute approximate surface area is 101 Å². The molecule has 1 aromatic heterocycles. The molecule has 0 spiro atoms. The predicted octanol–water partition coefficient (Wildman–Crippen LogP) is 2.19. The lowest BCUT2D eigenvalue weighted by Crippen LogP contribution is -2.14. The molecule has 0 unspecified atom stereocenters. The Balaban J connectivity index is 2.68. The predicted molar refractivity (Wildman–Crippen MR) is 68.9 cm³/mol. The van der Waals surface area contributed by atoms with E-state index in [0.717, 1.165) is 27.7 Å². The first-order valence-corrected chi connectivity index (χ1v) is 5.63. The molecule has 0 aliphatic rings. The van der Waals surface area contributed by atoms with Crippen molar-refractivity contribution < 1.29 is 4.79 Å². The molecule has 88 valence electrons. The number of carbonyl (C=O) groups is 1. The van der Waals surface area contributed by atoms with Crippen LogP contribution in [0.2, 0.25) is 0 Å². The van der Waals surface area contributed by atoms with Crippen LogP contribution < -0.4 is 5.73 Å². The highest BCUT2D eigenvalue weighted by molar-refractivity contribution is 5.86. The molecule has 0 saturated carbocycles. The monoisotopic (exact) mass is 228 g/mol. The fourth-order valence-corrected chi connectivity index (χ4v) is 2.18. The highest BCUT2D eigenvalue weighted by atomic mass is 16.1. The summed E-state index contributed by atoms with van der Waals surface area (Å²) < 4.78 is 0. The van der Waals surface area contributed by atoms with Crippen LogP contribution in [0.15, 0.2) is 18.2 Å². The Morgan fingerprint density at radius 1 is 1.18 bits per heavy atom. The maximum atomic E-state index is 10.9. The third-order valence-electron chi connectivity index (χ3n) is 2.86. The lowest BCUT2D eigenvalue weighted by molar-refractivity contribution is -0.117. The van der Waals surface area contributed by atoms with Gasteiger partial charge in [-0.25, -0.2) is 0 Å². The number of primary amides is 1. The van der Waals surface area contributed by atoms with Gasteiger partial charge in [0.1, 0.15) is 0 Å². The van der Waals surface area contributed by atoms with E-state index >= 15 is 0 Å². The van der Waals surface area contributed by atoms with Crippen LogP contribution in [0.5, 0.6) is 0 Å². The van der Waals surface area contributed by atoms with Crippen LogP contribution in [0, 0.1) is 20.8 Å². The zero-order valence-electron chi connectivity index (χ0n) is 10.4. The van der Waals surface area contributed by atoms with Crippen LogP contribution in [0.1, 0.15) is 22.4 Å². The summed E-state index contributed by atoms with van der Waals surface area (Å²) in [6.07, 6.45) is 0.199. The van der Waals surface area contributed by atoms with Crippen molar-refractivity contribution in [3.8, 4) is 0 Å². The number of nitrogens with zero attached hydrogens (tertiary/aromatic N) is 1. The Kier molecular flexibility index (Phi) is 2.84. The number of rotatable bonds is 2. The van der Waals surface area contributed by atoms with Crippen molar-refractivity contribution in [3.05, 3.63) is 40.6 Å². The van der Waals surface area contributed by atoms with Crippen molar-refractivity contribution in [2.75, 3.05) is 0 Å². The Bertz CT molecular complexity index is 603. The van der Waals surface area contributed by atoms with Gasteiger partial charge in [-0.2, -0.15) is 0 Å². The zero-order valence-corrected chi connectivity index (χ0v) is 10.4. The molecule has 1 heterocycles. The van der Waals surface area contributed by atoms with E-state index in [1.165, 1.54) is 5.56 Å². The Morgan fingerprint density at radius 3 is 2.53 bits per heavy atom. The average molecular weight is 228 g/mol. The van der Waals surface area contributed by atoms with Crippen LogP contribution >= 0.6 is 0 Å². The molecule has 2 N–H and O–H groups in total.